The van der Waals surface area contributed by atoms with Gasteiger partial charge in [-0.1, -0.05) is 23.2 Å². The number of hydrazine groups is 1. The minimum atomic E-state index is -0.653. The number of furan rings is 1. The predicted octanol–water partition coefficient (Wildman–Crippen LogP) is 3.30. The Morgan fingerprint density at radius 3 is 2.69 bits per heavy atom. The number of urea groups is 1. The first-order chi connectivity index (χ1) is 12.5. The third-order valence-electron chi connectivity index (χ3n) is 3.23. The van der Waals surface area contributed by atoms with E-state index in [2.05, 4.69) is 21.3 Å². The highest BCUT2D eigenvalue weighted by Crippen LogP contribution is 2.24. The molecule has 0 bridgehead atoms. The van der Waals surface area contributed by atoms with E-state index in [9.17, 15) is 9.59 Å². The Kier molecular flexibility index (Phi) is 5.45. The van der Waals surface area contributed by atoms with Gasteiger partial charge in [0.05, 0.1) is 16.6 Å². The Hall–Kier alpha value is -2.97. The van der Waals surface area contributed by atoms with E-state index < -0.39 is 11.9 Å². The van der Waals surface area contributed by atoms with Gasteiger partial charge >= 0.3 is 11.9 Å². The van der Waals surface area contributed by atoms with Crippen LogP contribution in [0, 0.1) is 0 Å². The zero-order chi connectivity index (χ0) is 18.5. The summed E-state index contributed by atoms with van der Waals surface area (Å²) in [5.74, 6) is 0.0158. The van der Waals surface area contributed by atoms with Crippen molar-refractivity contribution < 1.29 is 14.0 Å². The van der Waals surface area contributed by atoms with Crippen LogP contribution >= 0.6 is 23.2 Å². The van der Waals surface area contributed by atoms with Gasteiger partial charge in [0.15, 0.2) is 5.76 Å². The van der Waals surface area contributed by atoms with E-state index in [1.165, 1.54) is 12.1 Å². The molecule has 26 heavy (non-hydrogen) atoms. The molecule has 134 valence electrons. The lowest BCUT2D eigenvalue weighted by Gasteiger charge is -2.08. The highest BCUT2D eigenvalue weighted by Gasteiger charge is 2.13. The second-order valence-electron chi connectivity index (χ2n) is 5.13. The number of benzene rings is 1. The quantitative estimate of drug-likeness (QED) is 0.591. The van der Waals surface area contributed by atoms with Gasteiger partial charge in [-0.15, -0.1) is 0 Å². The number of nitrogens with zero attached hydrogens (tertiary/aromatic N) is 2. The van der Waals surface area contributed by atoms with Gasteiger partial charge in [-0.25, -0.2) is 10.2 Å². The average molecular weight is 394 g/mol. The molecule has 0 radical (unpaired) electrons. The van der Waals surface area contributed by atoms with Crippen molar-refractivity contribution in [1.29, 1.82) is 0 Å². The number of amides is 3. The van der Waals surface area contributed by atoms with Crippen LogP contribution in [0.4, 0.5) is 10.5 Å². The third kappa shape index (κ3) is 4.56. The summed E-state index contributed by atoms with van der Waals surface area (Å²) in [6.45, 7) is 0.394. The van der Waals surface area contributed by atoms with Crippen molar-refractivity contribution in [1.82, 2.24) is 20.6 Å². The second-order valence-corrected chi connectivity index (χ2v) is 5.95. The van der Waals surface area contributed by atoms with Gasteiger partial charge in [-0.3, -0.25) is 14.9 Å². The van der Waals surface area contributed by atoms with Crippen LogP contribution in [0.5, 0.6) is 0 Å². The number of hydrogen-bond acceptors (Lipinski definition) is 4. The summed E-state index contributed by atoms with van der Waals surface area (Å²) in [4.78, 5) is 23.8. The van der Waals surface area contributed by atoms with E-state index in [1.807, 2.05) is 0 Å². The number of carbonyl (C=O) groups excluding carboxylic acids is 2. The molecule has 2 aromatic heterocycles. The maximum absolute atomic E-state index is 12.0. The number of halogens is 2. The zero-order valence-corrected chi connectivity index (χ0v) is 14.7. The van der Waals surface area contributed by atoms with Gasteiger partial charge in [-0.05, 0) is 36.4 Å². The summed E-state index contributed by atoms with van der Waals surface area (Å²) in [5, 5.41) is 7.22. The predicted molar refractivity (Wildman–Crippen MR) is 96.1 cm³/mol. The first-order valence-electron chi connectivity index (χ1n) is 7.40. The Bertz CT molecular complexity index is 924. The van der Waals surface area contributed by atoms with Crippen LogP contribution in [0.15, 0.2) is 53.2 Å². The van der Waals surface area contributed by atoms with E-state index >= 15 is 0 Å². The number of aromatic nitrogens is 2. The van der Waals surface area contributed by atoms with Crippen molar-refractivity contribution in [2.75, 3.05) is 5.32 Å². The fourth-order valence-corrected chi connectivity index (χ4v) is 2.35. The van der Waals surface area contributed by atoms with Gasteiger partial charge in [0, 0.05) is 18.1 Å². The largest absolute Gasteiger partial charge is 0.454 e. The molecule has 0 aliphatic rings. The van der Waals surface area contributed by atoms with Crippen LogP contribution in [-0.2, 0) is 6.54 Å². The van der Waals surface area contributed by atoms with E-state index in [-0.39, 0.29) is 5.76 Å². The summed E-state index contributed by atoms with van der Waals surface area (Å²) in [6, 6.07) is 8.90. The number of anilines is 1. The van der Waals surface area contributed by atoms with Gasteiger partial charge in [0.2, 0.25) is 0 Å². The molecule has 8 nitrogen and oxygen atoms in total. The summed E-state index contributed by atoms with van der Waals surface area (Å²) in [5.41, 5.74) is 4.88. The number of rotatable bonds is 4. The molecule has 3 N–H and O–H groups in total. The van der Waals surface area contributed by atoms with Crippen molar-refractivity contribution in [3.63, 3.8) is 0 Å². The molecule has 0 unspecified atom stereocenters. The standard InChI is InChI=1S/C16H13Cl2N5O3/c17-12-4-2-10(8-13(12)18)20-16(25)22-21-15(24)14-5-3-11(26-14)9-23-7-1-6-19-23/h1-8H,9H2,(H,21,24)(H2,20,22,25). The molecule has 3 aromatic rings. The molecule has 0 aliphatic carbocycles. The summed E-state index contributed by atoms with van der Waals surface area (Å²) in [6.07, 6.45) is 3.42. The summed E-state index contributed by atoms with van der Waals surface area (Å²) < 4.78 is 7.08. The van der Waals surface area contributed by atoms with Crippen LogP contribution in [0.3, 0.4) is 0 Å². The van der Waals surface area contributed by atoms with Gasteiger partial charge < -0.3 is 9.73 Å². The molecule has 0 atom stereocenters. The SMILES string of the molecule is O=C(NNC(=O)c1ccc(Cn2cccn2)o1)Nc1ccc(Cl)c(Cl)c1. The number of carbonyl (C=O) groups is 2. The Labute approximate surface area is 158 Å². The zero-order valence-electron chi connectivity index (χ0n) is 13.2. The third-order valence-corrected chi connectivity index (χ3v) is 3.97. The van der Waals surface area contributed by atoms with Crippen LogP contribution in [0.2, 0.25) is 10.0 Å². The van der Waals surface area contributed by atoms with Crippen LogP contribution in [-0.4, -0.2) is 21.7 Å². The van der Waals surface area contributed by atoms with Gasteiger partial charge in [0.25, 0.3) is 0 Å². The minimum absolute atomic E-state index is 0.0574. The number of nitrogens with one attached hydrogen (secondary N) is 3. The van der Waals surface area contributed by atoms with E-state index in [0.29, 0.717) is 28.0 Å². The normalized spacial score (nSPS) is 10.4. The van der Waals surface area contributed by atoms with Crippen molar-refractivity contribution in [3.05, 3.63) is 70.4 Å². The first kappa shape index (κ1) is 17.8. The fourth-order valence-electron chi connectivity index (χ4n) is 2.05. The lowest BCUT2D eigenvalue weighted by molar-refractivity contribution is 0.0908. The van der Waals surface area contributed by atoms with Crippen LogP contribution < -0.4 is 16.2 Å². The second kappa shape index (κ2) is 7.94. The lowest BCUT2D eigenvalue weighted by Crippen LogP contribution is -2.43. The molecule has 0 saturated carbocycles. The highest BCUT2D eigenvalue weighted by atomic mass is 35.5. The molecule has 3 amide bonds. The van der Waals surface area contributed by atoms with Crippen molar-refractivity contribution in [2.24, 2.45) is 0 Å². The van der Waals surface area contributed by atoms with E-state index in [0.717, 1.165) is 0 Å². The molecular weight excluding hydrogens is 381 g/mol. The molecule has 0 saturated heterocycles. The first-order valence-corrected chi connectivity index (χ1v) is 8.15. The maximum Gasteiger partial charge on any atom is 0.337 e. The van der Waals surface area contributed by atoms with Crippen molar-refractivity contribution in [2.45, 2.75) is 6.54 Å². The summed E-state index contributed by atoms with van der Waals surface area (Å²) in [7, 11) is 0. The Balaban J connectivity index is 1.51. The van der Waals surface area contributed by atoms with Crippen LogP contribution in [0.25, 0.3) is 0 Å². The monoisotopic (exact) mass is 393 g/mol. The Morgan fingerprint density at radius 2 is 1.96 bits per heavy atom. The average Bonchev–Trinajstić information content (AvgIpc) is 3.28. The van der Waals surface area contributed by atoms with Gasteiger partial charge in [-0.2, -0.15) is 5.10 Å². The summed E-state index contributed by atoms with van der Waals surface area (Å²) >= 11 is 11.7. The Morgan fingerprint density at radius 1 is 1.12 bits per heavy atom. The fraction of sp³-hybridized carbons (Fsp3) is 0.0625. The van der Waals surface area contributed by atoms with Gasteiger partial charge in [0.1, 0.15) is 5.76 Å². The van der Waals surface area contributed by atoms with E-state index in [4.69, 9.17) is 27.6 Å². The maximum atomic E-state index is 12.0. The van der Waals surface area contributed by atoms with E-state index in [1.54, 1.807) is 41.3 Å². The molecule has 0 spiro atoms. The lowest BCUT2D eigenvalue weighted by atomic mass is 10.3. The smallest absolute Gasteiger partial charge is 0.337 e. The number of hydrogen-bond donors (Lipinski definition) is 3. The molecule has 0 aliphatic heterocycles. The molecule has 3 rings (SSSR count). The van der Waals surface area contributed by atoms with Crippen molar-refractivity contribution in [3.8, 4) is 0 Å². The molecule has 1 aromatic carbocycles. The van der Waals surface area contributed by atoms with Crippen LogP contribution in [0.1, 0.15) is 16.3 Å². The highest BCUT2D eigenvalue weighted by molar-refractivity contribution is 6.42. The van der Waals surface area contributed by atoms with Crippen molar-refractivity contribution >= 4 is 40.8 Å². The molecule has 0 fully saturated rings. The molecular formula is C16H13Cl2N5O3. The molecule has 10 heteroatoms. The topological polar surface area (TPSA) is 101 Å². The molecule has 2 heterocycles. The minimum Gasteiger partial charge on any atom is -0.454 e.